The van der Waals surface area contributed by atoms with Crippen molar-refractivity contribution < 1.29 is 0 Å². The van der Waals surface area contributed by atoms with E-state index in [4.69, 9.17) is 5.73 Å². The molecule has 1 aliphatic rings. The van der Waals surface area contributed by atoms with E-state index in [1.54, 1.807) is 0 Å². The number of aromatic nitrogens is 5. The Kier molecular flexibility index (Phi) is 1.80. The van der Waals surface area contributed by atoms with Crippen LogP contribution in [0.4, 0.5) is 5.13 Å². The molecule has 0 aromatic carbocycles. The van der Waals surface area contributed by atoms with E-state index in [-0.39, 0.29) is 0 Å². The average Bonchev–Trinajstić information content (AvgIpc) is 2.73. The van der Waals surface area contributed by atoms with Crippen LogP contribution >= 0.6 is 22.7 Å². The van der Waals surface area contributed by atoms with Crippen LogP contribution in [0.1, 0.15) is 24.6 Å². The van der Waals surface area contributed by atoms with Crippen LogP contribution in [-0.2, 0) is 0 Å². The quantitative estimate of drug-likeness (QED) is 0.762. The zero-order chi connectivity index (χ0) is 11.4. The molecule has 17 heavy (non-hydrogen) atoms. The van der Waals surface area contributed by atoms with E-state index in [0.29, 0.717) is 11.0 Å². The average molecular weight is 264 g/mol. The molecule has 3 aromatic rings. The maximum atomic E-state index is 5.62. The van der Waals surface area contributed by atoms with Gasteiger partial charge in [-0.05, 0) is 12.8 Å². The van der Waals surface area contributed by atoms with Crippen LogP contribution in [0.2, 0.25) is 0 Å². The van der Waals surface area contributed by atoms with Crippen molar-refractivity contribution in [2.75, 3.05) is 5.73 Å². The molecule has 0 bridgehead atoms. The molecule has 86 valence electrons. The van der Waals surface area contributed by atoms with Crippen molar-refractivity contribution in [1.82, 2.24) is 24.8 Å². The number of hydrogen-bond acceptors (Lipinski definition) is 7. The van der Waals surface area contributed by atoms with Crippen molar-refractivity contribution in [2.24, 2.45) is 0 Å². The number of fused-ring (bicyclic) bond motifs is 1. The topological polar surface area (TPSA) is 82.0 Å². The van der Waals surface area contributed by atoms with Gasteiger partial charge in [-0.3, -0.25) is 0 Å². The number of nitrogen functional groups attached to an aromatic ring is 1. The first-order valence-electron chi connectivity index (χ1n) is 5.25. The van der Waals surface area contributed by atoms with Crippen LogP contribution in [0.25, 0.3) is 15.7 Å². The third kappa shape index (κ3) is 1.44. The minimum atomic E-state index is 0.542. The van der Waals surface area contributed by atoms with E-state index < -0.39 is 0 Å². The Morgan fingerprint density at radius 2 is 2.24 bits per heavy atom. The molecule has 3 heterocycles. The van der Waals surface area contributed by atoms with Crippen LogP contribution in [0.3, 0.4) is 0 Å². The Bertz CT molecular complexity index is 691. The number of anilines is 1. The molecule has 1 saturated carbocycles. The summed E-state index contributed by atoms with van der Waals surface area (Å²) in [6.45, 7) is 0. The normalized spacial score (nSPS) is 15.8. The van der Waals surface area contributed by atoms with Gasteiger partial charge < -0.3 is 5.73 Å². The smallest absolute Gasteiger partial charge is 0.235 e. The minimum Gasteiger partial charge on any atom is -0.375 e. The van der Waals surface area contributed by atoms with Gasteiger partial charge in [0, 0.05) is 11.3 Å². The lowest BCUT2D eigenvalue weighted by Crippen LogP contribution is -1.93. The molecule has 0 unspecified atom stereocenters. The number of nitrogens with zero attached hydrogens (tertiary/aromatic N) is 5. The standard InChI is InChI=1S/C9H8N6S2/c10-8-11-5(3-16-8)7-14-15-6(4-1-2-4)12-13-9(15)17-7/h3-4H,1-2H2,(H2,10,11). The summed E-state index contributed by atoms with van der Waals surface area (Å²) in [7, 11) is 0. The number of thiazole rings is 1. The largest absolute Gasteiger partial charge is 0.375 e. The molecule has 0 aliphatic heterocycles. The Labute approximate surface area is 104 Å². The number of hydrogen-bond donors (Lipinski definition) is 1. The molecule has 6 nitrogen and oxygen atoms in total. The highest BCUT2D eigenvalue weighted by atomic mass is 32.1. The second kappa shape index (κ2) is 3.23. The summed E-state index contributed by atoms with van der Waals surface area (Å²) in [6.07, 6.45) is 2.38. The van der Waals surface area contributed by atoms with Crippen molar-refractivity contribution in [3.63, 3.8) is 0 Å². The summed E-state index contributed by atoms with van der Waals surface area (Å²) in [5.41, 5.74) is 6.45. The van der Waals surface area contributed by atoms with E-state index in [9.17, 15) is 0 Å². The van der Waals surface area contributed by atoms with E-state index in [2.05, 4.69) is 20.3 Å². The third-order valence-corrected chi connectivity index (χ3v) is 4.29. The minimum absolute atomic E-state index is 0.542. The second-order valence-corrected chi connectivity index (χ2v) is 5.85. The summed E-state index contributed by atoms with van der Waals surface area (Å²) >= 11 is 2.92. The first-order chi connectivity index (χ1) is 8.31. The first kappa shape index (κ1) is 9.49. The summed E-state index contributed by atoms with van der Waals surface area (Å²) in [4.78, 5) is 5.06. The molecular weight excluding hydrogens is 256 g/mol. The van der Waals surface area contributed by atoms with Gasteiger partial charge in [0.05, 0.1) is 0 Å². The molecular formula is C9H8N6S2. The van der Waals surface area contributed by atoms with Crippen molar-refractivity contribution in [2.45, 2.75) is 18.8 Å². The maximum Gasteiger partial charge on any atom is 0.235 e. The zero-order valence-electron chi connectivity index (χ0n) is 8.70. The van der Waals surface area contributed by atoms with Gasteiger partial charge in [-0.2, -0.15) is 9.61 Å². The molecule has 1 fully saturated rings. The molecule has 0 spiro atoms. The van der Waals surface area contributed by atoms with Crippen LogP contribution in [0.5, 0.6) is 0 Å². The molecule has 0 atom stereocenters. The van der Waals surface area contributed by atoms with Gasteiger partial charge in [-0.1, -0.05) is 11.3 Å². The van der Waals surface area contributed by atoms with E-state index >= 15 is 0 Å². The SMILES string of the molecule is Nc1nc(-c2nn3c(C4CC4)nnc3s2)cs1. The fourth-order valence-electron chi connectivity index (χ4n) is 1.72. The van der Waals surface area contributed by atoms with E-state index in [0.717, 1.165) is 21.5 Å². The summed E-state index contributed by atoms with van der Waals surface area (Å²) < 4.78 is 1.84. The van der Waals surface area contributed by atoms with Crippen molar-refractivity contribution >= 4 is 32.8 Å². The molecule has 2 N–H and O–H groups in total. The molecule has 0 radical (unpaired) electrons. The van der Waals surface area contributed by atoms with Gasteiger partial charge >= 0.3 is 0 Å². The molecule has 8 heteroatoms. The van der Waals surface area contributed by atoms with Gasteiger partial charge in [0.25, 0.3) is 0 Å². The lowest BCUT2D eigenvalue weighted by molar-refractivity contribution is 0.828. The Balaban J connectivity index is 1.86. The Hall–Kier alpha value is -1.54. The monoisotopic (exact) mass is 264 g/mol. The van der Waals surface area contributed by atoms with Gasteiger partial charge in [0.2, 0.25) is 4.96 Å². The van der Waals surface area contributed by atoms with Crippen LogP contribution in [0.15, 0.2) is 5.38 Å². The Morgan fingerprint density at radius 3 is 2.94 bits per heavy atom. The molecule has 1 aliphatic carbocycles. The predicted molar refractivity (Wildman–Crippen MR) is 66.2 cm³/mol. The second-order valence-electron chi connectivity index (χ2n) is 4.01. The van der Waals surface area contributed by atoms with Gasteiger partial charge in [0.15, 0.2) is 16.0 Å². The highest BCUT2D eigenvalue weighted by Gasteiger charge is 2.30. The van der Waals surface area contributed by atoms with Gasteiger partial charge in [-0.25, -0.2) is 4.98 Å². The summed E-state index contributed by atoms with van der Waals surface area (Å²) in [5, 5.41) is 16.2. The highest BCUT2D eigenvalue weighted by Crippen LogP contribution is 2.39. The zero-order valence-corrected chi connectivity index (χ0v) is 10.3. The number of rotatable bonds is 2. The molecule has 0 saturated heterocycles. The molecule has 3 aromatic heterocycles. The predicted octanol–water partition coefficient (Wildman–Crippen LogP) is 1.77. The van der Waals surface area contributed by atoms with Gasteiger partial charge in [0.1, 0.15) is 5.69 Å². The number of nitrogens with two attached hydrogens (primary N) is 1. The fourth-order valence-corrected chi connectivity index (χ4v) is 3.15. The molecule has 0 amide bonds. The van der Waals surface area contributed by atoms with Crippen LogP contribution in [0, 0.1) is 0 Å². The first-order valence-corrected chi connectivity index (χ1v) is 6.94. The third-order valence-electron chi connectivity index (χ3n) is 2.70. The van der Waals surface area contributed by atoms with Crippen molar-refractivity contribution in [1.29, 1.82) is 0 Å². The highest BCUT2D eigenvalue weighted by molar-refractivity contribution is 7.20. The van der Waals surface area contributed by atoms with Gasteiger partial charge in [-0.15, -0.1) is 21.5 Å². The maximum absolute atomic E-state index is 5.62. The summed E-state index contributed by atoms with van der Waals surface area (Å²) in [6, 6.07) is 0. The fraction of sp³-hybridized carbons (Fsp3) is 0.333. The lowest BCUT2D eigenvalue weighted by Gasteiger charge is -1.89. The molecule has 4 rings (SSSR count). The van der Waals surface area contributed by atoms with E-state index in [1.807, 2.05) is 9.90 Å². The van der Waals surface area contributed by atoms with Crippen molar-refractivity contribution in [3.8, 4) is 10.7 Å². The lowest BCUT2D eigenvalue weighted by atomic mass is 10.4. The van der Waals surface area contributed by atoms with Crippen molar-refractivity contribution in [3.05, 3.63) is 11.2 Å². The van der Waals surface area contributed by atoms with Crippen LogP contribution < -0.4 is 5.73 Å². The Morgan fingerprint density at radius 1 is 1.35 bits per heavy atom. The van der Waals surface area contributed by atoms with Crippen LogP contribution in [-0.4, -0.2) is 24.8 Å². The van der Waals surface area contributed by atoms with E-state index in [1.165, 1.54) is 35.5 Å². The summed E-state index contributed by atoms with van der Waals surface area (Å²) in [5.74, 6) is 1.52.